The molecule has 0 spiro atoms. The van der Waals surface area contributed by atoms with Gasteiger partial charge in [0.15, 0.2) is 6.29 Å². The van der Waals surface area contributed by atoms with Crippen LogP contribution in [0.1, 0.15) is 71.6 Å². The zero-order chi connectivity index (χ0) is 27.7. The van der Waals surface area contributed by atoms with Crippen molar-refractivity contribution in [3.63, 3.8) is 0 Å². The number of fused-ring (bicyclic) bond motifs is 5. The van der Waals surface area contributed by atoms with Crippen LogP contribution < -0.4 is 0 Å². The average molecular weight is 549 g/mol. The van der Waals surface area contributed by atoms with Gasteiger partial charge in [-0.1, -0.05) is 6.92 Å². The van der Waals surface area contributed by atoms with E-state index in [0.717, 1.165) is 31.1 Å². The van der Waals surface area contributed by atoms with E-state index in [1.165, 1.54) is 0 Å². The SMILES string of the molecule is COC1C[C@@H](O[C@H]2CC[C@]3(C=O)C4C(O)C[C@]5(C)[C@@H](C6=CC(=O)OC6)CC[C@]5(O)C4CC[C@@H]3C2)OC(C)[C@H]1O. The number of methoxy groups -OCH3 is 1. The van der Waals surface area contributed by atoms with E-state index >= 15 is 0 Å². The van der Waals surface area contributed by atoms with Crippen molar-refractivity contribution in [2.75, 3.05) is 13.7 Å². The zero-order valence-electron chi connectivity index (χ0n) is 23.3. The second kappa shape index (κ2) is 9.88. The third-order valence-corrected chi connectivity index (χ3v) is 12.0. The molecule has 5 unspecified atom stereocenters. The summed E-state index contributed by atoms with van der Waals surface area (Å²) in [5.41, 5.74) is -1.37. The molecule has 2 aliphatic heterocycles. The van der Waals surface area contributed by atoms with Crippen LogP contribution in [0, 0.1) is 34.5 Å². The van der Waals surface area contributed by atoms with Gasteiger partial charge < -0.3 is 39.1 Å². The molecular weight excluding hydrogens is 504 g/mol. The first-order chi connectivity index (χ1) is 18.6. The first-order valence-corrected chi connectivity index (χ1v) is 14.8. The van der Waals surface area contributed by atoms with Crippen LogP contribution in [0.2, 0.25) is 0 Å². The summed E-state index contributed by atoms with van der Waals surface area (Å²) in [6, 6.07) is 0. The van der Waals surface area contributed by atoms with Crippen molar-refractivity contribution in [3.8, 4) is 0 Å². The maximum Gasteiger partial charge on any atom is 0.331 e. The van der Waals surface area contributed by atoms with E-state index < -0.39 is 41.0 Å². The number of ether oxygens (including phenoxy) is 4. The minimum atomic E-state index is -1.01. The lowest BCUT2D eigenvalue weighted by molar-refractivity contribution is -0.276. The standard InChI is InChI=1S/C30H44O9/c1-16-27(34)23(36-3)12-25(38-16)39-19-6-8-29(15-31)18(11-19)4-5-21-26(29)22(32)13-28(2)20(7-9-30(21,28)35)17-10-24(33)37-14-17/h10,15-16,18-23,25-27,32,34-35H,4-9,11-14H2,1-3H3/t16?,18-,19+,20-,21?,22?,23?,25-,26?,27-,28-,29-,30+/m1/s1. The first-order valence-electron chi connectivity index (χ1n) is 14.8. The molecule has 0 aromatic rings. The van der Waals surface area contributed by atoms with Crippen molar-refractivity contribution in [3.05, 3.63) is 11.6 Å². The van der Waals surface area contributed by atoms with E-state index in [0.29, 0.717) is 38.5 Å². The van der Waals surface area contributed by atoms with Gasteiger partial charge in [0.2, 0.25) is 0 Å². The van der Waals surface area contributed by atoms with Crippen LogP contribution in [0.4, 0.5) is 0 Å². The molecule has 13 atom stereocenters. The van der Waals surface area contributed by atoms with Crippen molar-refractivity contribution in [1.29, 1.82) is 0 Å². The molecule has 0 radical (unpaired) electrons. The maximum absolute atomic E-state index is 13.0. The van der Waals surface area contributed by atoms with Gasteiger partial charge in [-0.2, -0.15) is 0 Å². The van der Waals surface area contributed by atoms with Crippen LogP contribution in [-0.2, 0) is 28.5 Å². The Morgan fingerprint density at radius 1 is 1.13 bits per heavy atom. The number of hydrogen-bond acceptors (Lipinski definition) is 9. The van der Waals surface area contributed by atoms with Gasteiger partial charge in [-0.05, 0) is 81.6 Å². The van der Waals surface area contributed by atoms with E-state index in [2.05, 4.69) is 6.92 Å². The number of rotatable bonds is 5. The Labute approximate surface area is 230 Å². The largest absolute Gasteiger partial charge is 0.458 e. The Morgan fingerprint density at radius 2 is 1.92 bits per heavy atom. The monoisotopic (exact) mass is 548 g/mol. The Balaban J connectivity index is 1.21. The Kier molecular flexibility index (Phi) is 7.04. The van der Waals surface area contributed by atoms with Crippen LogP contribution in [0.5, 0.6) is 0 Å². The summed E-state index contributed by atoms with van der Waals surface area (Å²) in [5, 5.41) is 34.4. The molecule has 1 saturated heterocycles. The average Bonchev–Trinajstić information content (AvgIpc) is 3.45. The molecular formula is C30H44O9. The molecule has 4 saturated carbocycles. The molecule has 0 bridgehead atoms. The topological polar surface area (TPSA) is 132 Å². The summed E-state index contributed by atoms with van der Waals surface area (Å²) in [6.45, 7) is 4.14. The molecule has 6 rings (SSSR count). The molecule has 39 heavy (non-hydrogen) atoms. The number of aliphatic hydroxyl groups excluding tert-OH is 2. The number of carbonyl (C=O) groups excluding carboxylic acids is 2. The number of cyclic esters (lactones) is 1. The number of esters is 1. The summed E-state index contributed by atoms with van der Waals surface area (Å²) in [7, 11) is 1.58. The minimum Gasteiger partial charge on any atom is -0.458 e. The van der Waals surface area contributed by atoms with Crippen molar-refractivity contribution in [1.82, 2.24) is 0 Å². The lowest BCUT2D eigenvalue weighted by Crippen LogP contribution is -2.67. The van der Waals surface area contributed by atoms with Crippen molar-refractivity contribution < 1.29 is 43.9 Å². The Bertz CT molecular complexity index is 1010. The van der Waals surface area contributed by atoms with E-state index in [-0.39, 0.29) is 48.5 Å². The molecule has 3 N–H and O–H groups in total. The molecule has 9 heteroatoms. The van der Waals surface area contributed by atoms with E-state index in [1.54, 1.807) is 13.2 Å². The first kappa shape index (κ1) is 27.8. The van der Waals surface area contributed by atoms with Crippen molar-refractivity contribution in [2.24, 2.45) is 34.5 Å². The van der Waals surface area contributed by atoms with Gasteiger partial charge >= 0.3 is 5.97 Å². The minimum absolute atomic E-state index is 0.0223. The van der Waals surface area contributed by atoms with Crippen LogP contribution in [0.3, 0.4) is 0 Å². The van der Waals surface area contributed by atoms with Gasteiger partial charge in [0.1, 0.15) is 19.0 Å². The Morgan fingerprint density at radius 3 is 2.62 bits per heavy atom. The number of carbonyl (C=O) groups is 2. The highest BCUT2D eigenvalue weighted by Crippen LogP contribution is 2.69. The smallest absolute Gasteiger partial charge is 0.331 e. The molecule has 9 nitrogen and oxygen atoms in total. The van der Waals surface area contributed by atoms with Gasteiger partial charge in [0.05, 0.1) is 30.0 Å². The third-order valence-electron chi connectivity index (χ3n) is 12.0. The number of aliphatic hydroxyl groups is 3. The quantitative estimate of drug-likeness (QED) is 0.269. The maximum atomic E-state index is 13.0. The van der Waals surface area contributed by atoms with Crippen molar-refractivity contribution in [2.45, 2.75) is 114 Å². The third kappa shape index (κ3) is 4.09. The molecule has 5 fully saturated rings. The molecule has 6 aliphatic rings. The number of aldehydes is 1. The van der Waals surface area contributed by atoms with Crippen LogP contribution >= 0.6 is 0 Å². The van der Waals surface area contributed by atoms with Crippen LogP contribution in [0.15, 0.2) is 11.6 Å². The summed E-state index contributed by atoms with van der Waals surface area (Å²) in [4.78, 5) is 24.8. The van der Waals surface area contributed by atoms with Gasteiger partial charge in [-0.25, -0.2) is 4.79 Å². The zero-order valence-corrected chi connectivity index (χ0v) is 23.3. The second-order valence-electron chi connectivity index (χ2n) is 13.5. The van der Waals surface area contributed by atoms with Crippen LogP contribution in [-0.4, -0.2) is 83.7 Å². The molecule has 0 aromatic heterocycles. The highest BCUT2D eigenvalue weighted by Gasteiger charge is 2.71. The molecule has 2 heterocycles. The van der Waals surface area contributed by atoms with E-state index in [9.17, 15) is 24.9 Å². The predicted octanol–water partition coefficient (Wildman–Crippen LogP) is 2.29. The van der Waals surface area contributed by atoms with Gasteiger partial charge in [-0.15, -0.1) is 0 Å². The highest BCUT2D eigenvalue weighted by atomic mass is 16.7. The van der Waals surface area contributed by atoms with Crippen molar-refractivity contribution >= 4 is 12.3 Å². The van der Waals surface area contributed by atoms with Gasteiger partial charge in [-0.3, -0.25) is 0 Å². The molecule has 0 amide bonds. The summed E-state index contributed by atoms with van der Waals surface area (Å²) in [5.74, 6) is -0.782. The normalized spacial score (nSPS) is 53.3. The molecule has 0 aromatic carbocycles. The fourth-order valence-corrected chi connectivity index (χ4v) is 10.0. The lowest BCUT2D eigenvalue weighted by Gasteiger charge is -2.64. The summed E-state index contributed by atoms with van der Waals surface area (Å²) in [6.07, 6.45) is 5.66. The fraction of sp³-hybridized carbons (Fsp3) is 0.867. The van der Waals surface area contributed by atoms with Gasteiger partial charge in [0, 0.05) is 36.4 Å². The fourth-order valence-electron chi connectivity index (χ4n) is 10.0. The lowest BCUT2D eigenvalue weighted by atomic mass is 9.42. The van der Waals surface area contributed by atoms with E-state index in [4.69, 9.17) is 18.9 Å². The number of hydrogen-bond donors (Lipinski definition) is 3. The highest BCUT2D eigenvalue weighted by molar-refractivity contribution is 5.85. The molecule has 218 valence electrons. The summed E-state index contributed by atoms with van der Waals surface area (Å²) >= 11 is 0. The Hall–Kier alpha value is -1.36. The van der Waals surface area contributed by atoms with Crippen LogP contribution in [0.25, 0.3) is 0 Å². The summed E-state index contributed by atoms with van der Waals surface area (Å²) < 4.78 is 23.0. The predicted molar refractivity (Wildman–Crippen MR) is 138 cm³/mol. The van der Waals surface area contributed by atoms with E-state index in [1.807, 2.05) is 6.92 Å². The van der Waals surface area contributed by atoms with Gasteiger partial charge in [0.25, 0.3) is 0 Å². The second-order valence-corrected chi connectivity index (χ2v) is 13.5. The molecule has 4 aliphatic carbocycles.